The predicted molar refractivity (Wildman–Crippen MR) is 127 cm³/mol. The largest absolute Gasteiger partial charge is 0.322 e. The van der Waals surface area contributed by atoms with Crippen LogP contribution in [0.5, 0.6) is 0 Å². The van der Waals surface area contributed by atoms with Crippen molar-refractivity contribution in [3.8, 4) is 11.3 Å². The smallest absolute Gasteiger partial charge is 0.256 e. The number of anilines is 1. The number of hydrogen-bond donors (Lipinski definition) is 1. The van der Waals surface area contributed by atoms with Gasteiger partial charge in [-0.3, -0.25) is 9.20 Å². The molecule has 0 radical (unpaired) electrons. The Balaban J connectivity index is 1.25. The van der Waals surface area contributed by atoms with Crippen LogP contribution >= 0.6 is 11.3 Å². The molecule has 0 saturated carbocycles. The van der Waals surface area contributed by atoms with Gasteiger partial charge >= 0.3 is 0 Å². The summed E-state index contributed by atoms with van der Waals surface area (Å²) < 4.78 is 2.27. The Hall–Kier alpha value is -3.44. The van der Waals surface area contributed by atoms with Gasteiger partial charge in [-0.05, 0) is 54.7 Å². The summed E-state index contributed by atoms with van der Waals surface area (Å²) in [7, 11) is 0. The minimum Gasteiger partial charge on any atom is -0.322 e. The molecule has 0 spiro atoms. The van der Waals surface area contributed by atoms with Crippen LogP contribution in [0.25, 0.3) is 27.0 Å². The number of benzene rings is 3. The van der Waals surface area contributed by atoms with Crippen LogP contribution in [0.15, 0.2) is 72.9 Å². The molecule has 0 bridgehead atoms. The zero-order chi connectivity index (χ0) is 20.8. The van der Waals surface area contributed by atoms with Crippen LogP contribution < -0.4 is 5.32 Å². The lowest BCUT2D eigenvalue weighted by Crippen LogP contribution is -2.12. The van der Waals surface area contributed by atoms with Gasteiger partial charge in [-0.1, -0.05) is 48.5 Å². The quantitative estimate of drug-likeness (QED) is 0.368. The van der Waals surface area contributed by atoms with Crippen LogP contribution in [0, 0.1) is 0 Å². The second-order valence-corrected chi connectivity index (χ2v) is 9.08. The van der Waals surface area contributed by atoms with Gasteiger partial charge in [0.1, 0.15) is 0 Å². The van der Waals surface area contributed by atoms with Gasteiger partial charge in [-0.15, -0.1) is 11.3 Å². The topological polar surface area (TPSA) is 46.4 Å². The first-order valence-corrected chi connectivity index (χ1v) is 11.5. The van der Waals surface area contributed by atoms with E-state index in [0.717, 1.165) is 39.1 Å². The third-order valence-corrected chi connectivity index (χ3v) is 7.20. The van der Waals surface area contributed by atoms with E-state index in [9.17, 15) is 4.79 Å². The SMILES string of the molecule is O=C(Nc1ccc(-c2cn3c4c(sc3n2)CCCC4)cc1)c1cccc2ccccc12. The molecule has 31 heavy (non-hydrogen) atoms. The van der Waals surface area contributed by atoms with Crippen molar-refractivity contribution < 1.29 is 4.79 Å². The van der Waals surface area contributed by atoms with E-state index in [1.807, 2.05) is 78.1 Å². The van der Waals surface area contributed by atoms with Gasteiger partial charge < -0.3 is 5.32 Å². The summed E-state index contributed by atoms with van der Waals surface area (Å²) in [5.41, 5.74) is 4.93. The Morgan fingerprint density at radius 3 is 2.65 bits per heavy atom. The lowest BCUT2D eigenvalue weighted by Gasteiger charge is -2.10. The van der Waals surface area contributed by atoms with Gasteiger partial charge in [0.15, 0.2) is 4.96 Å². The van der Waals surface area contributed by atoms with Gasteiger partial charge in [-0.25, -0.2) is 4.98 Å². The van der Waals surface area contributed by atoms with Crippen molar-refractivity contribution in [3.05, 3.63) is 89.1 Å². The number of fused-ring (bicyclic) bond motifs is 4. The molecule has 3 aromatic carbocycles. The highest BCUT2D eigenvalue weighted by Gasteiger charge is 2.18. The molecule has 1 amide bonds. The normalized spacial score (nSPS) is 13.4. The molecule has 0 saturated heterocycles. The lowest BCUT2D eigenvalue weighted by molar-refractivity contribution is 0.102. The molecular formula is C26H21N3OS. The van der Waals surface area contributed by atoms with E-state index in [2.05, 4.69) is 15.9 Å². The molecule has 0 aliphatic heterocycles. The van der Waals surface area contributed by atoms with Gasteiger partial charge in [0.2, 0.25) is 0 Å². The second-order valence-electron chi connectivity index (χ2n) is 8.02. The molecule has 5 aromatic rings. The maximum absolute atomic E-state index is 12.9. The average Bonchev–Trinajstić information content (AvgIpc) is 3.37. The van der Waals surface area contributed by atoms with E-state index >= 15 is 0 Å². The van der Waals surface area contributed by atoms with Crippen LogP contribution in [0.3, 0.4) is 0 Å². The van der Waals surface area contributed by atoms with Gasteiger partial charge in [0.25, 0.3) is 5.91 Å². The van der Waals surface area contributed by atoms with Gasteiger partial charge in [-0.2, -0.15) is 0 Å². The summed E-state index contributed by atoms with van der Waals surface area (Å²) in [5, 5.41) is 5.05. The van der Waals surface area contributed by atoms with Crippen LogP contribution in [-0.2, 0) is 12.8 Å². The minimum absolute atomic E-state index is 0.0984. The Morgan fingerprint density at radius 1 is 0.935 bits per heavy atom. The number of thiazole rings is 1. The highest BCUT2D eigenvalue weighted by Crippen LogP contribution is 2.32. The third-order valence-electron chi connectivity index (χ3n) is 6.04. The first-order valence-electron chi connectivity index (χ1n) is 10.7. The van der Waals surface area contributed by atoms with Gasteiger partial charge in [0, 0.05) is 33.6 Å². The average molecular weight is 424 g/mol. The van der Waals surface area contributed by atoms with Crippen LogP contribution in [0.1, 0.15) is 33.8 Å². The fraction of sp³-hybridized carbons (Fsp3) is 0.154. The minimum atomic E-state index is -0.0984. The summed E-state index contributed by atoms with van der Waals surface area (Å²) in [5.74, 6) is -0.0984. The molecule has 5 heteroatoms. The molecule has 1 aliphatic carbocycles. The first-order chi connectivity index (χ1) is 15.3. The van der Waals surface area contributed by atoms with Crippen LogP contribution in [0.4, 0.5) is 5.69 Å². The highest BCUT2D eigenvalue weighted by atomic mass is 32.1. The summed E-state index contributed by atoms with van der Waals surface area (Å²) >= 11 is 1.82. The number of carbonyl (C=O) groups is 1. The summed E-state index contributed by atoms with van der Waals surface area (Å²) in [4.78, 5) is 20.3. The molecule has 2 aromatic heterocycles. The lowest BCUT2D eigenvalue weighted by atomic mass is 10.0. The highest BCUT2D eigenvalue weighted by molar-refractivity contribution is 7.17. The molecule has 4 nitrogen and oxygen atoms in total. The molecule has 0 fully saturated rings. The summed E-state index contributed by atoms with van der Waals surface area (Å²) in [6, 6.07) is 21.7. The molecule has 0 atom stereocenters. The summed E-state index contributed by atoms with van der Waals surface area (Å²) in [6.07, 6.45) is 7.03. The number of nitrogens with zero attached hydrogens (tertiary/aromatic N) is 2. The predicted octanol–water partition coefficient (Wildman–Crippen LogP) is 6.35. The van der Waals surface area contributed by atoms with Gasteiger partial charge in [0.05, 0.1) is 5.69 Å². The Labute approximate surface area is 184 Å². The van der Waals surface area contributed by atoms with Crippen molar-refractivity contribution >= 4 is 38.7 Å². The number of rotatable bonds is 3. The van der Waals surface area contributed by atoms with E-state index in [0.29, 0.717) is 5.56 Å². The Morgan fingerprint density at radius 2 is 1.74 bits per heavy atom. The molecule has 152 valence electrons. The second kappa shape index (κ2) is 7.36. The number of aromatic nitrogens is 2. The molecule has 2 heterocycles. The number of imidazole rings is 1. The van der Waals surface area contributed by atoms with E-state index in [1.54, 1.807) is 0 Å². The maximum Gasteiger partial charge on any atom is 0.256 e. The van der Waals surface area contributed by atoms with E-state index < -0.39 is 0 Å². The standard InChI is InChI=1S/C26H21N3OS/c30-25(21-9-5-7-17-6-1-2-8-20(17)21)27-19-14-12-18(13-15-19)22-16-29-23-10-3-4-11-24(23)31-26(29)28-22/h1-2,5-9,12-16H,3-4,10-11H2,(H,27,30). The van der Waals surface area contributed by atoms with Crippen molar-refractivity contribution in [2.75, 3.05) is 5.32 Å². The van der Waals surface area contributed by atoms with Crippen molar-refractivity contribution in [2.45, 2.75) is 25.7 Å². The monoisotopic (exact) mass is 423 g/mol. The number of hydrogen-bond acceptors (Lipinski definition) is 3. The Kier molecular flexibility index (Phi) is 4.35. The Bertz CT molecular complexity index is 1420. The van der Waals surface area contributed by atoms with E-state index in [-0.39, 0.29) is 5.91 Å². The van der Waals surface area contributed by atoms with Crippen molar-refractivity contribution in [1.82, 2.24) is 9.38 Å². The molecule has 0 unspecified atom stereocenters. The number of aryl methyl sites for hydroxylation is 2. The van der Waals surface area contributed by atoms with Crippen LogP contribution in [-0.4, -0.2) is 15.3 Å². The zero-order valence-electron chi connectivity index (χ0n) is 17.0. The zero-order valence-corrected chi connectivity index (χ0v) is 17.8. The molecular weight excluding hydrogens is 402 g/mol. The number of carbonyl (C=O) groups excluding carboxylic acids is 1. The fourth-order valence-corrected chi connectivity index (χ4v) is 5.64. The number of amides is 1. The molecule has 1 aliphatic rings. The first kappa shape index (κ1) is 18.3. The van der Waals surface area contributed by atoms with Crippen molar-refractivity contribution in [2.24, 2.45) is 0 Å². The third kappa shape index (κ3) is 3.22. The molecule has 1 N–H and O–H groups in total. The maximum atomic E-state index is 12.9. The van der Waals surface area contributed by atoms with Crippen molar-refractivity contribution in [1.29, 1.82) is 0 Å². The molecule has 6 rings (SSSR count). The van der Waals surface area contributed by atoms with Crippen LogP contribution in [0.2, 0.25) is 0 Å². The van der Waals surface area contributed by atoms with Crippen molar-refractivity contribution in [3.63, 3.8) is 0 Å². The van der Waals surface area contributed by atoms with E-state index in [4.69, 9.17) is 4.98 Å². The van der Waals surface area contributed by atoms with E-state index in [1.165, 1.54) is 29.8 Å². The summed E-state index contributed by atoms with van der Waals surface area (Å²) in [6.45, 7) is 0. The fourth-order valence-electron chi connectivity index (χ4n) is 4.45. The number of nitrogens with one attached hydrogen (secondary N) is 1.